The van der Waals surface area contributed by atoms with E-state index < -0.39 is 0 Å². The highest BCUT2D eigenvalue weighted by molar-refractivity contribution is 9.10. The van der Waals surface area contributed by atoms with E-state index in [0.29, 0.717) is 5.75 Å². The molecule has 1 heterocycles. The zero-order valence-corrected chi connectivity index (χ0v) is 20.5. The van der Waals surface area contributed by atoms with Gasteiger partial charge in [-0.15, -0.1) is 11.8 Å². The molecule has 2 aromatic carbocycles. The van der Waals surface area contributed by atoms with Gasteiger partial charge in [0, 0.05) is 32.9 Å². The molecular weight excluding hydrogens is 474 g/mol. The molecule has 0 radical (unpaired) electrons. The Hall–Kier alpha value is -2.51. The predicted molar refractivity (Wildman–Crippen MR) is 133 cm³/mol. The minimum absolute atomic E-state index is 0.127. The first-order valence-electron chi connectivity index (χ1n) is 9.87. The SMILES string of the molecule is COc1ccc(CSCC(=O)N/N=C\c2c(Br)c(C)n(-c3ccc(C)cc3)c2C)cc1. The second-order valence-electron chi connectivity index (χ2n) is 7.20. The molecule has 0 fully saturated rings. The zero-order chi connectivity index (χ0) is 22.4. The lowest BCUT2D eigenvalue weighted by Gasteiger charge is -2.09. The number of aromatic nitrogens is 1. The highest BCUT2D eigenvalue weighted by Crippen LogP contribution is 2.29. The topological polar surface area (TPSA) is 55.6 Å². The van der Waals surface area contributed by atoms with E-state index in [4.69, 9.17) is 4.74 Å². The Labute approximate surface area is 196 Å². The van der Waals surface area contributed by atoms with E-state index in [1.807, 2.05) is 31.2 Å². The first-order valence-corrected chi connectivity index (χ1v) is 11.8. The molecule has 0 atom stereocenters. The molecule has 3 aromatic rings. The van der Waals surface area contributed by atoms with Gasteiger partial charge in [0.05, 0.1) is 19.1 Å². The summed E-state index contributed by atoms with van der Waals surface area (Å²) in [7, 11) is 1.65. The van der Waals surface area contributed by atoms with Crippen LogP contribution in [-0.4, -0.2) is 29.6 Å². The smallest absolute Gasteiger partial charge is 0.250 e. The van der Waals surface area contributed by atoms with Crippen molar-refractivity contribution < 1.29 is 9.53 Å². The molecule has 162 valence electrons. The molecule has 0 aliphatic rings. The summed E-state index contributed by atoms with van der Waals surface area (Å²) in [6.45, 7) is 6.18. The van der Waals surface area contributed by atoms with Crippen LogP contribution in [0.2, 0.25) is 0 Å². The van der Waals surface area contributed by atoms with Crippen LogP contribution in [0.15, 0.2) is 58.1 Å². The van der Waals surface area contributed by atoms with Crippen LogP contribution >= 0.6 is 27.7 Å². The second kappa shape index (κ2) is 10.7. The van der Waals surface area contributed by atoms with Crippen LogP contribution in [-0.2, 0) is 10.5 Å². The molecule has 0 saturated heterocycles. The van der Waals surface area contributed by atoms with Crippen molar-refractivity contribution >= 4 is 39.8 Å². The van der Waals surface area contributed by atoms with Gasteiger partial charge < -0.3 is 9.30 Å². The van der Waals surface area contributed by atoms with Gasteiger partial charge >= 0.3 is 0 Å². The first-order chi connectivity index (χ1) is 14.9. The Morgan fingerprint density at radius 2 is 1.77 bits per heavy atom. The van der Waals surface area contributed by atoms with Gasteiger partial charge in [-0.3, -0.25) is 4.79 Å². The first kappa shape index (κ1) is 23.2. The third-order valence-electron chi connectivity index (χ3n) is 4.95. The number of methoxy groups -OCH3 is 1. The number of benzene rings is 2. The fourth-order valence-corrected chi connectivity index (χ4v) is 4.59. The predicted octanol–water partition coefficient (Wildman–Crippen LogP) is 5.56. The molecule has 31 heavy (non-hydrogen) atoms. The minimum atomic E-state index is -0.127. The van der Waals surface area contributed by atoms with E-state index in [1.165, 1.54) is 5.56 Å². The molecule has 5 nitrogen and oxygen atoms in total. The second-order valence-corrected chi connectivity index (χ2v) is 8.98. The van der Waals surface area contributed by atoms with E-state index in [9.17, 15) is 4.79 Å². The van der Waals surface area contributed by atoms with Crippen LogP contribution in [0.3, 0.4) is 0 Å². The number of halogens is 1. The molecule has 1 N–H and O–H groups in total. The van der Waals surface area contributed by atoms with Crippen molar-refractivity contribution in [1.82, 2.24) is 9.99 Å². The zero-order valence-electron chi connectivity index (χ0n) is 18.1. The number of carbonyl (C=O) groups is 1. The van der Waals surface area contributed by atoms with Crippen LogP contribution in [0.4, 0.5) is 0 Å². The third-order valence-corrected chi connectivity index (χ3v) is 6.96. The van der Waals surface area contributed by atoms with Gasteiger partial charge in [-0.1, -0.05) is 29.8 Å². The summed E-state index contributed by atoms with van der Waals surface area (Å²) in [5, 5.41) is 4.18. The fourth-order valence-electron chi connectivity index (χ4n) is 3.24. The Balaban J connectivity index is 1.58. The largest absolute Gasteiger partial charge is 0.497 e. The average molecular weight is 500 g/mol. The van der Waals surface area contributed by atoms with Gasteiger partial charge in [0.25, 0.3) is 0 Å². The van der Waals surface area contributed by atoms with Gasteiger partial charge in [0.15, 0.2) is 0 Å². The van der Waals surface area contributed by atoms with E-state index in [2.05, 4.69) is 69.1 Å². The number of nitrogens with one attached hydrogen (secondary N) is 1. The van der Waals surface area contributed by atoms with Gasteiger partial charge in [-0.2, -0.15) is 5.10 Å². The van der Waals surface area contributed by atoms with Crippen molar-refractivity contribution in [2.45, 2.75) is 26.5 Å². The van der Waals surface area contributed by atoms with Crippen LogP contribution in [0.5, 0.6) is 5.75 Å². The highest BCUT2D eigenvalue weighted by Gasteiger charge is 2.15. The molecule has 7 heteroatoms. The van der Waals surface area contributed by atoms with E-state index in [0.717, 1.165) is 44.2 Å². The standard InChI is InChI=1S/C24H26BrN3O2S/c1-16-5-9-20(10-6-16)28-17(2)22(24(25)18(28)3)13-26-27-23(29)15-31-14-19-7-11-21(30-4)12-8-19/h5-13H,14-15H2,1-4H3,(H,27,29)/b26-13-. The number of nitrogens with zero attached hydrogens (tertiary/aromatic N) is 2. The lowest BCUT2D eigenvalue weighted by molar-refractivity contribution is -0.118. The third kappa shape index (κ3) is 5.80. The number of carbonyl (C=O) groups excluding carboxylic acids is 1. The summed E-state index contributed by atoms with van der Waals surface area (Å²) >= 11 is 5.22. The summed E-state index contributed by atoms with van der Waals surface area (Å²) in [6, 6.07) is 16.2. The number of ether oxygens (including phenoxy) is 1. The molecule has 0 aliphatic carbocycles. The van der Waals surface area contributed by atoms with Crippen LogP contribution < -0.4 is 10.2 Å². The summed E-state index contributed by atoms with van der Waals surface area (Å²) in [5.74, 6) is 1.80. The van der Waals surface area contributed by atoms with E-state index in [1.54, 1.807) is 25.1 Å². The lowest BCUT2D eigenvalue weighted by Crippen LogP contribution is -2.19. The molecule has 3 rings (SSSR count). The van der Waals surface area contributed by atoms with Crippen molar-refractivity contribution in [3.8, 4) is 11.4 Å². The van der Waals surface area contributed by atoms with Crippen molar-refractivity contribution in [1.29, 1.82) is 0 Å². The molecule has 0 spiro atoms. The quantitative estimate of drug-likeness (QED) is 0.326. The maximum atomic E-state index is 12.1. The summed E-state index contributed by atoms with van der Waals surface area (Å²) < 4.78 is 8.30. The lowest BCUT2D eigenvalue weighted by atomic mass is 10.2. The molecule has 0 bridgehead atoms. The van der Waals surface area contributed by atoms with Crippen molar-refractivity contribution in [2.75, 3.05) is 12.9 Å². The van der Waals surface area contributed by atoms with Crippen LogP contribution in [0, 0.1) is 20.8 Å². The highest BCUT2D eigenvalue weighted by atomic mass is 79.9. The maximum Gasteiger partial charge on any atom is 0.250 e. The summed E-state index contributed by atoms with van der Waals surface area (Å²) in [5.41, 5.74) is 9.18. The molecule has 0 aliphatic heterocycles. The Bertz CT molecular complexity index is 1070. The number of hydrogen-bond donors (Lipinski definition) is 1. The number of aryl methyl sites for hydroxylation is 1. The maximum absolute atomic E-state index is 12.1. The van der Waals surface area contributed by atoms with Crippen molar-refractivity contribution in [3.05, 3.63) is 81.1 Å². The van der Waals surface area contributed by atoms with Gasteiger partial charge in [0.2, 0.25) is 5.91 Å². The number of hydrogen-bond acceptors (Lipinski definition) is 4. The van der Waals surface area contributed by atoms with Crippen LogP contribution in [0.1, 0.15) is 28.1 Å². The van der Waals surface area contributed by atoms with E-state index in [-0.39, 0.29) is 5.91 Å². The molecule has 1 aromatic heterocycles. The normalized spacial score (nSPS) is 11.1. The van der Waals surface area contributed by atoms with Gasteiger partial charge in [0.1, 0.15) is 5.75 Å². The fraction of sp³-hybridized carbons (Fsp3) is 0.250. The Kier molecular flexibility index (Phi) is 7.98. The molecule has 1 amide bonds. The van der Waals surface area contributed by atoms with Crippen LogP contribution in [0.25, 0.3) is 5.69 Å². The minimum Gasteiger partial charge on any atom is -0.497 e. The Morgan fingerprint density at radius 1 is 1.10 bits per heavy atom. The van der Waals surface area contributed by atoms with Gasteiger partial charge in [-0.25, -0.2) is 5.43 Å². The number of hydrazone groups is 1. The molecule has 0 saturated carbocycles. The average Bonchev–Trinajstić information content (AvgIpc) is 2.98. The number of rotatable bonds is 8. The molecule has 0 unspecified atom stereocenters. The summed E-state index contributed by atoms with van der Waals surface area (Å²) in [6.07, 6.45) is 1.70. The molecular formula is C24H26BrN3O2S. The van der Waals surface area contributed by atoms with E-state index >= 15 is 0 Å². The summed E-state index contributed by atoms with van der Waals surface area (Å²) in [4.78, 5) is 12.1. The van der Waals surface area contributed by atoms with Crippen molar-refractivity contribution in [2.24, 2.45) is 5.10 Å². The number of thioether (sulfide) groups is 1. The monoisotopic (exact) mass is 499 g/mol. The van der Waals surface area contributed by atoms with Gasteiger partial charge in [-0.05, 0) is 66.5 Å². The number of amides is 1. The Morgan fingerprint density at radius 3 is 2.42 bits per heavy atom. The van der Waals surface area contributed by atoms with Crippen molar-refractivity contribution in [3.63, 3.8) is 0 Å².